The fraction of sp³-hybridized carbons (Fsp3) is 0.267. The standard InChI is InChI=1S/C15H14FNO5/c1-8(18)12-13(9-2-4-10(16)5-3-9)17(7-6-11(19)20)15(22)14(12)21/h2-5,13,21H,6-7H2,1H3,(H,19,20). The third-order valence-electron chi connectivity index (χ3n) is 3.44. The number of aliphatic carboxylic acids is 1. The molecule has 2 N–H and O–H groups in total. The molecule has 0 saturated heterocycles. The summed E-state index contributed by atoms with van der Waals surface area (Å²) in [6.07, 6.45) is -0.331. The van der Waals surface area contributed by atoms with Crippen LogP contribution in [0.25, 0.3) is 0 Å². The lowest BCUT2D eigenvalue weighted by Crippen LogP contribution is -2.33. The largest absolute Gasteiger partial charge is 0.503 e. The van der Waals surface area contributed by atoms with Gasteiger partial charge in [-0.3, -0.25) is 14.4 Å². The highest BCUT2D eigenvalue weighted by Gasteiger charge is 2.42. The molecule has 7 heteroatoms. The van der Waals surface area contributed by atoms with Crippen molar-refractivity contribution in [2.75, 3.05) is 6.54 Å². The van der Waals surface area contributed by atoms with E-state index in [9.17, 15) is 23.9 Å². The van der Waals surface area contributed by atoms with Gasteiger partial charge in [-0.05, 0) is 24.6 Å². The Kier molecular flexibility index (Phi) is 4.25. The number of carboxylic acids is 1. The summed E-state index contributed by atoms with van der Waals surface area (Å²) < 4.78 is 13.0. The van der Waals surface area contributed by atoms with Crippen molar-refractivity contribution in [3.8, 4) is 0 Å². The summed E-state index contributed by atoms with van der Waals surface area (Å²) >= 11 is 0. The first kappa shape index (κ1) is 15.7. The zero-order valence-corrected chi connectivity index (χ0v) is 11.7. The van der Waals surface area contributed by atoms with Crippen molar-refractivity contribution in [2.24, 2.45) is 0 Å². The summed E-state index contributed by atoms with van der Waals surface area (Å²) in [4.78, 5) is 35.7. The minimum Gasteiger partial charge on any atom is -0.503 e. The van der Waals surface area contributed by atoms with Crippen molar-refractivity contribution < 1.29 is 29.0 Å². The number of halogens is 1. The first-order valence-electron chi connectivity index (χ1n) is 6.55. The maximum absolute atomic E-state index is 13.0. The maximum Gasteiger partial charge on any atom is 0.305 e. The number of benzene rings is 1. The fourth-order valence-corrected chi connectivity index (χ4v) is 2.45. The molecular formula is C15H14FNO5. The molecule has 0 radical (unpaired) electrons. The Morgan fingerprint density at radius 1 is 1.27 bits per heavy atom. The first-order valence-corrected chi connectivity index (χ1v) is 6.55. The molecule has 1 unspecified atom stereocenters. The lowest BCUT2D eigenvalue weighted by atomic mass is 9.96. The quantitative estimate of drug-likeness (QED) is 0.861. The second-order valence-corrected chi connectivity index (χ2v) is 4.91. The number of hydrogen-bond donors (Lipinski definition) is 2. The van der Waals surface area contributed by atoms with Gasteiger partial charge in [0, 0.05) is 6.54 Å². The summed E-state index contributed by atoms with van der Waals surface area (Å²) in [7, 11) is 0. The number of Topliss-reactive ketones (excluding diaryl/α,β-unsaturated/α-hetero) is 1. The van der Waals surface area contributed by atoms with E-state index in [1.807, 2.05) is 0 Å². The second kappa shape index (κ2) is 5.97. The molecule has 1 aliphatic rings. The van der Waals surface area contributed by atoms with Crippen LogP contribution in [-0.4, -0.2) is 39.3 Å². The Bertz CT molecular complexity index is 665. The van der Waals surface area contributed by atoms with Crippen molar-refractivity contribution in [3.63, 3.8) is 0 Å². The van der Waals surface area contributed by atoms with Gasteiger partial charge in [-0.1, -0.05) is 12.1 Å². The molecule has 1 heterocycles. The molecule has 0 bridgehead atoms. The smallest absolute Gasteiger partial charge is 0.305 e. The second-order valence-electron chi connectivity index (χ2n) is 4.91. The molecule has 1 aliphatic heterocycles. The van der Waals surface area contributed by atoms with E-state index in [1.165, 1.54) is 31.2 Å². The molecule has 1 aromatic carbocycles. The van der Waals surface area contributed by atoms with Crippen molar-refractivity contribution in [1.29, 1.82) is 0 Å². The number of rotatable bonds is 5. The lowest BCUT2D eigenvalue weighted by molar-refractivity contribution is -0.138. The topological polar surface area (TPSA) is 94.9 Å². The Morgan fingerprint density at radius 2 is 1.86 bits per heavy atom. The molecule has 1 atom stereocenters. The minimum absolute atomic E-state index is 0.109. The molecule has 0 aliphatic carbocycles. The molecule has 0 saturated carbocycles. The number of aliphatic hydroxyl groups is 1. The number of amides is 1. The van der Waals surface area contributed by atoms with E-state index in [4.69, 9.17) is 5.11 Å². The van der Waals surface area contributed by atoms with E-state index >= 15 is 0 Å². The van der Waals surface area contributed by atoms with E-state index in [2.05, 4.69) is 0 Å². The number of carbonyl (C=O) groups excluding carboxylic acids is 2. The van der Waals surface area contributed by atoms with E-state index in [1.54, 1.807) is 0 Å². The van der Waals surface area contributed by atoms with Crippen LogP contribution in [0.2, 0.25) is 0 Å². The van der Waals surface area contributed by atoms with E-state index in [0.29, 0.717) is 5.56 Å². The molecule has 6 nitrogen and oxygen atoms in total. The normalized spacial score (nSPS) is 18.0. The van der Waals surface area contributed by atoms with E-state index < -0.39 is 35.3 Å². The number of hydrogen-bond acceptors (Lipinski definition) is 4. The Hall–Kier alpha value is -2.70. The number of aliphatic hydroxyl groups excluding tert-OH is 1. The van der Waals surface area contributed by atoms with Gasteiger partial charge in [0.25, 0.3) is 5.91 Å². The van der Waals surface area contributed by atoms with Gasteiger partial charge in [-0.15, -0.1) is 0 Å². The highest BCUT2D eigenvalue weighted by atomic mass is 19.1. The summed E-state index contributed by atoms with van der Waals surface area (Å²) in [5.41, 5.74) is 0.316. The molecule has 2 rings (SSSR count). The molecule has 1 aromatic rings. The van der Waals surface area contributed by atoms with Gasteiger partial charge < -0.3 is 15.1 Å². The highest BCUT2D eigenvalue weighted by Crippen LogP contribution is 2.37. The fourth-order valence-electron chi connectivity index (χ4n) is 2.45. The molecule has 0 spiro atoms. The van der Waals surface area contributed by atoms with Crippen LogP contribution < -0.4 is 0 Å². The highest BCUT2D eigenvalue weighted by molar-refractivity contribution is 6.08. The van der Waals surface area contributed by atoms with E-state index in [0.717, 1.165) is 4.90 Å². The summed E-state index contributed by atoms with van der Waals surface area (Å²) in [5.74, 6) is -3.59. The van der Waals surface area contributed by atoms with Crippen LogP contribution in [0.15, 0.2) is 35.6 Å². The van der Waals surface area contributed by atoms with Crippen LogP contribution in [0.3, 0.4) is 0 Å². The zero-order valence-electron chi connectivity index (χ0n) is 11.7. The molecular weight excluding hydrogens is 293 g/mol. The van der Waals surface area contributed by atoms with Gasteiger partial charge in [0.15, 0.2) is 11.5 Å². The molecule has 0 aromatic heterocycles. The number of carboxylic acid groups (broad SMARTS) is 1. The van der Waals surface area contributed by atoms with Crippen molar-refractivity contribution in [1.82, 2.24) is 4.90 Å². The van der Waals surface area contributed by atoms with Gasteiger partial charge in [0.05, 0.1) is 18.0 Å². The van der Waals surface area contributed by atoms with Gasteiger partial charge in [-0.2, -0.15) is 0 Å². The Labute approximate surface area is 125 Å². The van der Waals surface area contributed by atoms with E-state index in [-0.39, 0.29) is 18.5 Å². The number of ketones is 1. The Balaban J connectivity index is 2.45. The average molecular weight is 307 g/mol. The average Bonchev–Trinajstić information content (AvgIpc) is 2.70. The first-order chi connectivity index (χ1) is 10.3. The van der Waals surface area contributed by atoms with Crippen molar-refractivity contribution in [2.45, 2.75) is 19.4 Å². The van der Waals surface area contributed by atoms with Crippen molar-refractivity contribution in [3.05, 3.63) is 47.0 Å². The third kappa shape index (κ3) is 2.83. The van der Waals surface area contributed by atoms with Gasteiger partial charge in [-0.25, -0.2) is 4.39 Å². The molecule has 1 amide bonds. The summed E-state index contributed by atoms with van der Waals surface area (Å²) in [6, 6.07) is 4.21. The predicted octanol–water partition coefficient (Wildman–Crippen LogP) is 1.58. The summed E-state index contributed by atoms with van der Waals surface area (Å²) in [5, 5.41) is 18.7. The number of carbonyl (C=O) groups is 3. The van der Waals surface area contributed by atoms with Crippen molar-refractivity contribution >= 4 is 17.7 Å². The van der Waals surface area contributed by atoms with Crippen LogP contribution >= 0.6 is 0 Å². The molecule has 116 valence electrons. The predicted molar refractivity (Wildman–Crippen MR) is 73.4 cm³/mol. The summed E-state index contributed by atoms with van der Waals surface area (Å²) in [6.45, 7) is 1.03. The van der Waals surface area contributed by atoms with Gasteiger partial charge >= 0.3 is 5.97 Å². The van der Waals surface area contributed by atoms with Crippen LogP contribution in [0.1, 0.15) is 24.9 Å². The molecule has 22 heavy (non-hydrogen) atoms. The number of nitrogens with zero attached hydrogens (tertiary/aromatic N) is 1. The third-order valence-corrected chi connectivity index (χ3v) is 3.44. The molecule has 0 fully saturated rings. The maximum atomic E-state index is 13.0. The lowest BCUT2D eigenvalue weighted by Gasteiger charge is -2.26. The monoisotopic (exact) mass is 307 g/mol. The Morgan fingerprint density at radius 3 is 2.36 bits per heavy atom. The SMILES string of the molecule is CC(=O)C1=C(O)C(=O)N(CCC(=O)O)C1c1ccc(F)cc1. The van der Waals surface area contributed by atoms with Gasteiger partial charge in [0.2, 0.25) is 0 Å². The van der Waals surface area contributed by atoms with Gasteiger partial charge in [0.1, 0.15) is 5.82 Å². The minimum atomic E-state index is -1.11. The van der Waals surface area contributed by atoms with Crippen LogP contribution in [0.4, 0.5) is 4.39 Å². The van der Waals surface area contributed by atoms with Crippen LogP contribution in [-0.2, 0) is 14.4 Å². The van der Waals surface area contributed by atoms with Crippen LogP contribution in [0, 0.1) is 5.82 Å². The zero-order chi connectivity index (χ0) is 16.4. The van der Waals surface area contributed by atoms with Crippen LogP contribution in [0.5, 0.6) is 0 Å².